The summed E-state index contributed by atoms with van der Waals surface area (Å²) in [6, 6.07) is -0.0874. The second kappa shape index (κ2) is 13.4. The predicted octanol–water partition coefficient (Wildman–Crippen LogP) is 3.19. The number of hydrogen-bond acceptors (Lipinski definition) is 7. The molecule has 8 nitrogen and oxygen atoms in total. The first-order valence-corrected chi connectivity index (χ1v) is 12.7. The summed E-state index contributed by atoms with van der Waals surface area (Å²) in [7, 11) is -4.49. The monoisotopic (exact) mass is 482 g/mol. The van der Waals surface area contributed by atoms with Gasteiger partial charge in [0, 0.05) is 5.56 Å². The van der Waals surface area contributed by atoms with Crippen LogP contribution in [-0.2, 0) is 27.7 Å². The third-order valence-corrected chi connectivity index (χ3v) is 6.71. The van der Waals surface area contributed by atoms with Crippen LogP contribution in [0.25, 0.3) is 0 Å². The minimum Gasteiger partial charge on any atom is -0.508 e. The van der Waals surface area contributed by atoms with Gasteiger partial charge in [0.2, 0.25) is 0 Å². The molecule has 186 valence electrons. The zero-order chi connectivity index (χ0) is 25.2. The molecule has 1 aromatic rings. The third-order valence-electron chi connectivity index (χ3n) is 5.25. The van der Waals surface area contributed by atoms with Gasteiger partial charge in [-0.25, -0.2) is 13.1 Å². The molecule has 0 saturated carbocycles. The maximum absolute atomic E-state index is 13.0. The molecule has 0 aliphatic heterocycles. The number of hydrogen-bond donors (Lipinski definition) is 5. The summed E-state index contributed by atoms with van der Waals surface area (Å²) in [5, 5.41) is 30.5. The topological polar surface area (TPSA) is 150 Å². The standard InChI is InChI=1S/C24H38N2O6S/c1-5-6-7-11-18-14-21(28)19(13-12-17(4)10-8-9-16(2)3)22(29)23(18)33(31,32)26-24(30)20(25)15-27/h9,12,14,20,27-29H,5-8,10-11,13,15,25H2,1-4H3,(H,26,30)/b17-12+. The molecule has 9 heteroatoms. The number of phenolic OH excluding ortho intramolecular Hbond substituents is 2. The second-order valence-corrected chi connectivity index (χ2v) is 10.1. The predicted molar refractivity (Wildman–Crippen MR) is 130 cm³/mol. The number of benzene rings is 1. The molecule has 0 spiro atoms. The van der Waals surface area contributed by atoms with Crippen LogP contribution in [-0.4, -0.2) is 42.3 Å². The molecule has 6 N–H and O–H groups in total. The first-order chi connectivity index (χ1) is 15.4. The van der Waals surface area contributed by atoms with Crippen molar-refractivity contribution in [2.24, 2.45) is 5.73 Å². The zero-order valence-corrected chi connectivity index (χ0v) is 20.8. The largest absolute Gasteiger partial charge is 0.508 e. The van der Waals surface area contributed by atoms with E-state index < -0.39 is 39.2 Å². The molecule has 0 aliphatic carbocycles. The van der Waals surface area contributed by atoms with E-state index in [0.717, 1.165) is 31.3 Å². The number of allylic oxidation sites excluding steroid dienone is 4. The first kappa shape index (κ1) is 28.7. The lowest BCUT2D eigenvalue weighted by atomic mass is 10.00. The summed E-state index contributed by atoms with van der Waals surface area (Å²) in [5.41, 5.74) is 7.96. The number of rotatable bonds is 13. The van der Waals surface area contributed by atoms with Gasteiger partial charge in [-0.15, -0.1) is 0 Å². The summed E-state index contributed by atoms with van der Waals surface area (Å²) in [6.07, 6.45) is 8.39. The second-order valence-electron chi connectivity index (χ2n) is 8.50. The number of nitrogens with two attached hydrogens (primary N) is 1. The fourth-order valence-electron chi connectivity index (χ4n) is 3.29. The Morgan fingerprint density at radius 1 is 1.18 bits per heavy atom. The molecule has 0 radical (unpaired) electrons. The Morgan fingerprint density at radius 2 is 1.85 bits per heavy atom. The lowest BCUT2D eigenvalue weighted by Crippen LogP contribution is -2.45. The summed E-state index contributed by atoms with van der Waals surface area (Å²) in [5.74, 6) is -1.88. The van der Waals surface area contributed by atoms with Gasteiger partial charge in [0.05, 0.1) is 6.61 Å². The number of nitrogens with one attached hydrogen (secondary N) is 1. The fourth-order valence-corrected chi connectivity index (χ4v) is 4.69. The van der Waals surface area contributed by atoms with Crippen LogP contribution in [0.15, 0.2) is 34.3 Å². The van der Waals surface area contributed by atoms with Crippen LogP contribution in [0.3, 0.4) is 0 Å². The summed E-state index contributed by atoms with van der Waals surface area (Å²) in [4.78, 5) is 11.6. The van der Waals surface area contributed by atoms with Crippen molar-refractivity contribution in [2.45, 2.75) is 83.6 Å². The molecule has 33 heavy (non-hydrogen) atoms. The molecule has 0 heterocycles. The molecule has 0 saturated heterocycles. The van der Waals surface area contributed by atoms with Crippen LogP contribution < -0.4 is 10.5 Å². The molecule has 1 aromatic carbocycles. The molecular formula is C24H38N2O6S. The highest BCUT2D eigenvalue weighted by Gasteiger charge is 2.30. The smallest absolute Gasteiger partial charge is 0.268 e. The minimum atomic E-state index is -4.49. The zero-order valence-electron chi connectivity index (χ0n) is 20.0. The van der Waals surface area contributed by atoms with E-state index in [4.69, 9.17) is 10.8 Å². The van der Waals surface area contributed by atoms with Crippen molar-refractivity contribution in [1.29, 1.82) is 0 Å². The van der Waals surface area contributed by atoms with E-state index in [-0.39, 0.29) is 23.3 Å². The van der Waals surface area contributed by atoms with Gasteiger partial charge in [0.15, 0.2) is 0 Å². The molecular weight excluding hydrogens is 444 g/mol. The van der Waals surface area contributed by atoms with Gasteiger partial charge < -0.3 is 21.1 Å². The van der Waals surface area contributed by atoms with E-state index in [1.54, 1.807) is 0 Å². The van der Waals surface area contributed by atoms with Crippen molar-refractivity contribution in [2.75, 3.05) is 6.61 Å². The highest BCUT2D eigenvalue weighted by atomic mass is 32.2. The van der Waals surface area contributed by atoms with E-state index >= 15 is 0 Å². The molecule has 0 aliphatic rings. The number of aromatic hydroxyl groups is 2. The Hall–Kier alpha value is -2.36. The van der Waals surface area contributed by atoms with E-state index in [0.29, 0.717) is 12.8 Å². The number of phenols is 2. The Bertz CT molecular complexity index is 979. The molecule has 1 unspecified atom stereocenters. The Kier molecular flexibility index (Phi) is 11.6. The van der Waals surface area contributed by atoms with Gasteiger partial charge in [0.1, 0.15) is 22.4 Å². The number of aryl methyl sites for hydroxylation is 1. The third kappa shape index (κ3) is 8.83. The SMILES string of the molecule is CCCCCc1cc(O)c(C/C=C(\C)CCC=C(C)C)c(O)c1S(=O)(=O)NC(=O)C(N)CO. The number of aliphatic hydroxyl groups is 1. The molecule has 0 aromatic heterocycles. The van der Waals surface area contributed by atoms with Gasteiger partial charge in [-0.2, -0.15) is 0 Å². The number of amides is 1. The summed E-state index contributed by atoms with van der Waals surface area (Å²) < 4.78 is 27.9. The number of unbranched alkanes of at least 4 members (excludes halogenated alkanes) is 2. The van der Waals surface area contributed by atoms with E-state index in [1.165, 1.54) is 11.6 Å². The fraction of sp³-hybridized carbons (Fsp3) is 0.542. The maximum Gasteiger partial charge on any atom is 0.268 e. The van der Waals surface area contributed by atoms with Crippen molar-refractivity contribution in [3.63, 3.8) is 0 Å². The average molecular weight is 483 g/mol. The normalized spacial score (nSPS) is 13.0. The van der Waals surface area contributed by atoms with Crippen LogP contribution in [0, 0.1) is 0 Å². The van der Waals surface area contributed by atoms with Crippen molar-refractivity contribution in [1.82, 2.24) is 4.72 Å². The number of aliphatic hydroxyl groups excluding tert-OH is 1. The highest BCUT2D eigenvalue weighted by Crippen LogP contribution is 2.38. The minimum absolute atomic E-state index is 0.0649. The van der Waals surface area contributed by atoms with Gasteiger partial charge in [0.25, 0.3) is 15.9 Å². The Labute approximate surface area is 197 Å². The summed E-state index contributed by atoms with van der Waals surface area (Å²) >= 11 is 0. The number of sulfonamides is 1. The van der Waals surface area contributed by atoms with Crippen molar-refractivity contribution in [3.8, 4) is 11.5 Å². The average Bonchev–Trinajstić information content (AvgIpc) is 2.71. The van der Waals surface area contributed by atoms with Crippen LogP contribution in [0.4, 0.5) is 0 Å². The van der Waals surface area contributed by atoms with Crippen molar-refractivity contribution >= 4 is 15.9 Å². The number of carbonyl (C=O) groups is 1. The van der Waals surface area contributed by atoms with Crippen molar-refractivity contribution < 1.29 is 28.5 Å². The van der Waals surface area contributed by atoms with Gasteiger partial charge in [-0.1, -0.05) is 43.1 Å². The lowest BCUT2D eigenvalue weighted by Gasteiger charge is -2.18. The molecule has 0 fully saturated rings. The molecule has 0 bridgehead atoms. The van der Waals surface area contributed by atoms with E-state index in [9.17, 15) is 23.4 Å². The Balaban J connectivity index is 3.39. The maximum atomic E-state index is 13.0. The highest BCUT2D eigenvalue weighted by molar-refractivity contribution is 7.90. The van der Waals surface area contributed by atoms with Crippen molar-refractivity contribution in [3.05, 3.63) is 40.5 Å². The van der Waals surface area contributed by atoms with Gasteiger partial charge in [-0.05, 0) is 64.5 Å². The molecule has 1 rings (SSSR count). The van der Waals surface area contributed by atoms with Gasteiger partial charge in [-0.3, -0.25) is 4.79 Å². The van der Waals surface area contributed by atoms with E-state index in [1.807, 2.05) is 38.5 Å². The van der Waals surface area contributed by atoms with Gasteiger partial charge >= 0.3 is 0 Å². The van der Waals surface area contributed by atoms with Crippen LogP contribution >= 0.6 is 0 Å². The molecule has 1 amide bonds. The van der Waals surface area contributed by atoms with Crippen LogP contribution in [0.2, 0.25) is 0 Å². The first-order valence-electron chi connectivity index (χ1n) is 11.2. The lowest BCUT2D eigenvalue weighted by molar-refractivity contribution is -0.121. The number of carbonyl (C=O) groups excluding carboxylic acids is 1. The summed E-state index contributed by atoms with van der Waals surface area (Å²) in [6.45, 7) is 7.24. The van der Waals surface area contributed by atoms with E-state index in [2.05, 4.69) is 6.08 Å². The molecule has 1 atom stereocenters. The van der Waals surface area contributed by atoms with Crippen LogP contribution in [0.1, 0.15) is 70.9 Å². The quantitative estimate of drug-likeness (QED) is 0.214. The Morgan fingerprint density at radius 3 is 2.42 bits per heavy atom. The van der Waals surface area contributed by atoms with Crippen LogP contribution in [0.5, 0.6) is 11.5 Å².